The van der Waals surface area contributed by atoms with Gasteiger partial charge in [-0.2, -0.15) is 0 Å². The van der Waals surface area contributed by atoms with Gasteiger partial charge >= 0.3 is 0 Å². The fourth-order valence-corrected chi connectivity index (χ4v) is 3.03. The fraction of sp³-hybridized carbons (Fsp3) is 0.471. The second-order valence-electron chi connectivity index (χ2n) is 5.93. The zero-order valence-electron chi connectivity index (χ0n) is 12.2. The molecule has 1 saturated carbocycles. The van der Waals surface area contributed by atoms with Crippen LogP contribution < -0.4 is 0 Å². The molecule has 2 heterocycles. The maximum Gasteiger partial charge on any atom is 0.160 e. The predicted octanol–water partition coefficient (Wildman–Crippen LogP) is 4.14. The Labute approximate surface area is 120 Å². The molecule has 1 aliphatic rings. The third-order valence-electron chi connectivity index (χ3n) is 4.40. The molecule has 0 N–H and O–H groups in total. The smallest absolute Gasteiger partial charge is 0.160 e. The van der Waals surface area contributed by atoms with Crippen molar-refractivity contribution in [1.29, 1.82) is 0 Å². The summed E-state index contributed by atoms with van der Waals surface area (Å²) in [4.78, 5) is 13.3. The van der Waals surface area contributed by atoms with E-state index in [1.165, 1.54) is 31.2 Å². The number of rotatable bonds is 2. The van der Waals surface area contributed by atoms with Crippen molar-refractivity contribution in [2.24, 2.45) is 5.92 Å². The lowest BCUT2D eigenvalue weighted by molar-refractivity contribution is 0.347. The van der Waals surface area contributed by atoms with Crippen LogP contribution in [0, 0.1) is 12.8 Å². The normalized spacial score (nSPS) is 22.7. The van der Waals surface area contributed by atoms with Crippen LogP contribution in [0.3, 0.4) is 0 Å². The number of hydrogen-bond donors (Lipinski definition) is 0. The summed E-state index contributed by atoms with van der Waals surface area (Å²) in [6.07, 6.45) is 10.8. The van der Waals surface area contributed by atoms with Crippen LogP contribution in [-0.2, 0) is 0 Å². The molecule has 0 bridgehead atoms. The van der Waals surface area contributed by atoms with E-state index in [4.69, 9.17) is 0 Å². The molecule has 0 saturated heterocycles. The molecule has 0 aromatic carbocycles. The third kappa shape index (κ3) is 2.72. The maximum absolute atomic E-state index is 4.57. The fourth-order valence-electron chi connectivity index (χ4n) is 3.03. The predicted molar refractivity (Wildman–Crippen MR) is 80.4 cm³/mol. The Morgan fingerprint density at radius 2 is 1.70 bits per heavy atom. The minimum Gasteiger partial charge on any atom is -0.261 e. The first-order valence-electron chi connectivity index (χ1n) is 7.48. The van der Waals surface area contributed by atoms with E-state index in [9.17, 15) is 0 Å². The number of aromatic nitrogens is 3. The molecular formula is C17H21N3. The van der Waals surface area contributed by atoms with Crippen molar-refractivity contribution in [3.63, 3.8) is 0 Å². The quantitative estimate of drug-likeness (QED) is 0.820. The van der Waals surface area contributed by atoms with Crippen molar-refractivity contribution < 1.29 is 0 Å². The summed E-state index contributed by atoms with van der Waals surface area (Å²) in [6, 6.07) is 4.09. The minimum absolute atomic E-state index is 0.654. The van der Waals surface area contributed by atoms with Gasteiger partial charge in [-0.3, -0.25) is 4.98 Å². The van der Waals surface area contributed by atoms with Gasteiger partial charge in [-0.25, -0.2) is 9.97 Å². The molecule has 2 aromatic rings. The van der Waals surface area contributed by atoms with Crippen LogP contribution >= 0.6 is 0 Å². The van der Waals surface area contributed by atoms with Crippen molar-refractivity contribution in [3.05, 3.63) is 42.0 Å². The lowest BCUT2D eigenvalue weighted by atomic mass is 9.79. The maximum atomic E-state index is 4.57. The number of aryl methyl sites for hydroxylation is 1. The Bertz CT molecular complexity index is 572. The molecule has 0 aliphatic heterocycles. The molecule has 0 radical (unpaired) electrons. The summed E-state index contributed by atoms with van der Waals surface area (Å²) in [6.45, 7) is 4.38. The average Bonchev–Trinajstić information content (AvgIpc) is 2.50. The van der Waals surface area contributed by atoms with Crippen LogP contribution in [0.2, 0.25) is 0 Å². The Morgan fingerprint density at radius 1 is 1.00 bits per heavy atom. The van der Waals surface area contributed by atoms with Gasteiger partial charge < -0.3 is 0 Å². The number of pyridine rings is 1. The van der Waals surface area contributed by atoms with Gasteiger partial charge in [0, 0.05) is 29.8 Å². The molecule has 3 rings (SSSR count). The summed E-state index contributed by atoms with van der Waals surface area (Å²) in [5.41, 5.74) is 3.43. The molecule has 1 aliphatic carbocycles. The summed E-state index contributed by atoms with van der Waals surface area (Å²) >= 11 is 0. The highest BCUT2D eigenvalue weighted by Crippen LogP contribution is 2.36. The van der Waals surface area contributed by atoms with Crippen LogP contribution in [0.4, 0.5) is 0 Å². The first-order valence-corrected chi connectivity index (χ1v) is 7.48. The molecular weight excluding hydrogens is 246 g/mol. The molecule has 0 amide bonds. The molecule has 1 fully saturated rings. The summed E-state index contributed by atoms with van der Waals surface area (Å²) < 4.78 is 0. The number of nitrogens with zero attached hydrogens (tertiary/aromatic N) is 3. The summed E-state index contributed by atoms with van der Waals surface area (Å²) in [5, 5.41) is 0. The van der Waals surface area contributed by atoms with E-state index in [0.29, 0.717) is 5.92 Å². The van der Waals surface area contributed by atoms with Crippen molar-refractivity contribution in [2.45, 2.75) is 45.4 Å². The first-order chi connectivity index (χ1) is 9.74. The molecule has 20 heavy (non-hydrogen) atoms. The zero-order chi connectivity index (χ0) is 13.9. The van der Waals surface area contributed by atoms with Gasteiger partial charge in [0.25, 0.3) is 0 Å². The van der Waals surface area contributed by atoms with E-state index in [1.807, 2.05) is 19.2 Å². The van der Waals surface area contributed by atoms with Crippen LogP contribution in [-0.4, -0.2) is 15.0 Å². The van der Waals surface area contributed by atoms with Crippen LogP contribution in [0.5, 0.6) is 0 Å². The molecule has 104 valence electrons. The van der Waals surface area contributed by atoms with E-state index in [-0.39, 0.29) is 0 Å². The van der Waals surface area contributed by atoms with E-state index >= 15 is 0 Å². The Balaban J connectivity index is 1.91. The van der Waals surface area contributed by atoms with Gasteiger partial charge in [0.2, 0.25) is 0 Å². The Kier molecular flexibility index (Phi) is 3.77. The SMILES string of the molecule is Cc1ncc(C2CCC(C)CC2)cc1-c1ncccn1. The molecule has 0 spiro atoms. The summed E-state index contributed by atoms with van der Waals surface area (Å²) in [7, 11) is 0. The van der Waals surface area contributed by atoms with Crippen LogP contribution in [0.25, 0.3) is 11.4 Å². The van der Waals surface area contributed by atoms with Crippen molar-refractivity contribution >= 4 is 0 Å². The largest absolute Gasteiger partial charge is 0.261 e. The van der Waals surface area contributed by atoms with E-state index in [1.54, 1.807) is 12.4 Å². The van der Waals surface area contributed by atoms with Crippen LogP contribution in [0.15, 0.2) is 30.7 Å². The van der Waals surface area contributed by atoms with Gasteiger partial charge in [0.1, 0.15) is 0 Å². The van der Waals surface area contributed by atoms with E-state index < -0.39 is 0 Å². The first kappa shape index (κ1) is 13.2. The lowest BCUT2D eigenvalue weighted by Gasteiger charge is -2.26. The lowest BCUT2D eigenvalue weighted by Crippen LogP contribution is -2.11. The topological polar surface area (TPSA) is 38.7 Å². The highest BCUT2D eigenvalue weighted by molar-refractivity contribution is 5.58. The zero-order valence-corrected chi connectivity index (χ0v) is 12.2. The molecule has 2 aromatic heterocycles. The molecule has 3 heteroatoms. The van der Waals surface area contributed by atoms with Gasteiger partial charge in [-0.05, 0) is 49.3 Å². The van der Waals surface area contributed by atoms with E-state index in [0.717, 1.165) is 23.0 Å². The second-order valence-corrected chi connectivity index (χ2v) is 5.93. The van der Waals surface area contributed by atoms with Gasteiger partial charge in [0.15, 0.2) is 5.82 Å². The standard InChI is InChI=1S/C17H21N3/c1-12-4-6-14(7-5-12)15-10-16(13(2)20-11-15)17-18-8-3-9-19-17/h3,8-12,14H,4-7H2,1-2H3. The van der Waals surface area contributed by atoms with Gasteiger partial charge in [0.05, 0.1) is 0 Å². The second kappa shape index (κ2) is 5.70. The highest BCUT2D eigenvalue weighted by atomic mass is 14.9. The Hall–Kier alpha value is -1.77. The van der Waals surface area contributed by atoms with Crippen LogP contribution in [0.1, 0.15) is 49.8 Å². The van der Waals surface area contributed by atoms with Gasteiger partial charge in [-0.1, -0.05) is 19.8 Å². The minimum atomic E-state index is 0.654. The Morgan fingerprint density at radius 3 is 2.40 bits per heavy atom. The third-order valence-corrected chi connectivity index (χ3v) is 4.40. The molecule has 0 atom stereocenters. The van der Waals surface area contributed by atoms with Crippen molar-refractivity contribution in [2.75, 3.05) is 0 Å². The summed E-state index contributed by atoms with van der Waals surface area (Å²) in [5.74, 6) is 2.31. The van der Waals surface area contributed by atoms with E-state index in [2.05, 4.69) is 27.9 Å². The van der Waals surface area contributed by atoms with Crippen molar-refractivity contribution in [3.8, 4) is 11.4 Å². The van der Waals surface area contributed by atoms with Gasteiger partial charge in [-0.15, -0.1) is 0 Å². The average molecular weight is 267 g/mol. The van der Waals surface area contributed by atoms with Crippen molar-refractivity contribution in [1.82, 2.24) is 15.0 Å². The molecule has 3 nitrogen and oxygen atoms in total. The molecule has 0 unspecified atom stereocenters. The highest BCUT2D eigenvalue weighted by Gasteiger charge is 2.21. The monoisotopic (exact) mass is 267 g/mol. The number of hydrogen-bond acceptors (Lipinski definition) is 3.